The Kier molecular flexibility index (Phi) is 7.09. The molecule has 2 N–H and O–H groups in total. The fraction of sp³-hybridized carbons (Fsp3) is 0.344. The van der Waals surface area contributed by atoms with Crippen molar-refractivity contribution in [3.05, 3.63) is 95.6 Å². The molecule has 1 aliphatic carbocycles. The lowest BCUT2D eigenvalue weighted by atomic mass is 9.96. The summed E-state index contributed by atoms with van der Waals surface area (Å²) < 4.78 is 2.53. The van der Waals surface area contributed by atoms with E-state index in [1.54, 1.807) is 0 Å². The van der Waals surface area contributed by atoms with E-state index in [2.05, 4.69) is 63.2 Å². The quantitative estimate of drug-likeness (QED) is 0.255. The molecule has 7 heteroatoms. The molecule has 6 rings (SSSR count). The van der Waals surface area contributed by atoms with Crippen LogP contribution in [0.4, 0.5) is 5.69 Å². The van der Waals surface area contributed by atoms with Gasteiger partial charge in [0.1, 0.15) is 0 Å². The maximum absolute atomic E-state index is 13.2. The molecule has 200 valence electrons. The van der Waals surface area contributed by atoms with Crippen LogP contribution >= 0.6 is 12.2 Å². The lowest BCUT2D eigenvalue weighted by Gasteiger charge is -2.28. The lowest BCUT2D eigenvalue weighted by molar-refractivity contribution is -0.116. The predicted octanol–water partition coefficient (Wildman–Crippen LogP) is 6.77. The number of carbonyl (C=O) groups excluding carboxylic acids is 1. The largest absolute Gasteiger partial charge is 0.352 e. The highest BCUT2D eigenvalue weighted by atomic mass is 32.1. The van der Waals surface area contributed by atoms with Crippen LogP contribution in [0.3, 0.4) is 0 Å². The van der Waals surface area contributed by atoms with E-state index in [4.69, 9.17) is 12.2 Å². The second-order valence-electron chi connectivity index (χ2n) is 10.8. The van der Waals surface area contributed by atoms with Gasteiger partial charge in [0.2, 0.25) is 5.91 Å². The average molecular weight is 538 g/mol. The van der Waals surface area contributed by atoms with Crippen LogP contribution in [-0.4, -0.2) is 32.0 Å². The Balaban J connectivity index is 1.28. The molecule has 1 amide bonds. The number of anilines is 1. The minimum absolute atomic E-state index is 0.0226. The van der Waals surface area contributed by atoms with Gasteiger partial charge in [0.05, 0.1) is 17.8 Å². The third-order valence-corrected chi connectivity index (χ3v) is 8.73. The Hall–Kier alpha value is -3.71. The van der Waals surface area contributed by atoms with Crippen molar-refractivity contribution in [1.29, 1.82) is 0 Å². The summed E-state index contributed by atoms with van der Waals surface area (Å²) >= 11 is 5.88. The van der Waals surface area contributed by atoms with Gasteiger partial charge in [-0.3, -0.25) is 9.78 Å². The van der Waals surface area contributed by atoms with Gasteiger partial charge in [-0.15, -0.1) is 0 Å². The van der Waals surface area contributed by atoms with Crippen LogP contribution in [0.25, 0.3) is 10.8 Å². The zero-order valence-electron chi connectivity index (χ0n) is 22.6. The number of hydrogen-bond donors (Lipinski definition) is 2. The molecule has 1 aliphatic heterocycles. The molecular weight excluding hydrogens is 502 g/mol. The van der Waals surface area contributed by atoms with Crippen LogP contribution in [0, 0.1) is 13.8 Å². The van der Waals surface area contributed by atoms with Gasteiger partial charge in [0.25, 0.3) is 0 Å². The Morgan fingerprint density at radius 3 is 2.62 bits per heavy atom. The van der Waals surface area contributed by atoms with E-state index in [0.717, 1.165) is 22.2 Å². The Morgan fingerprint density at radius 1 is 1.05 bits per heavy atom. The molecule has 6 nitrogen and oxygen atoms in total. The Morgan fingerprint density at radius 2 is 1.82 bits per heavy atom. The van der Waals surface area contributed by atoms with E-state index in [0.29, 0.717) is 24.1 Å². The van der Waals surface area contributed by atoms with Crippen LogP contribution in [0.5, 0.6) is 0 Å². The SMILES string of the molecule is Cc1cc([C@H]2[C@@H](c3ccccn3)NC(=S)N2CCC(=O)Nc2cccc3ccccc23)c(C)n1C1CCCC1. The maximum Gasteiger partial charge on any atom is 0.226 e. The van der Waals surface area contributed by atoms with Gasteiger partial charge in [0, 0.05) is 47.7 Å². The lowest BCUT2D eigenvalue weighted by Crippen LogP contribution is -2.33. The molecule has 2 fully saturated rings. The van der Waals surface area contributed by atoms with Crippen LogP contribution in [-0.2, 0) is 4.79 Å². The van der Waals surface area contributed by atoms with Gasteiger partial charge < -0.3 is 20.1 Å². The molecule has 0 radical (unpaired) electrons. The molecule has 39 heavy (non-hydrogen) atoms. The van der Waals surface area contributed by atoms with Gasteiger partial charge >= 0.3 is 0 Å². The fourth-order valence-electron chi connectivity index (χ4n) is 6.58. The standard InChI is InChI=1S/C32H35N5OS/c1-21-20-26(22(2)37(21)24-12-4-5-13-24)31-30(28-15-7-8-18-33-28)35-32(39)36(31)19-17-29(38)34-27-16-9-11-23-10-3-6-14-25(23)27/h3,6-11,14-16,18,20,24,30-31H,4-5,12-13,17,19H2,1-2H3,(H,34,38)(H,35,39)/t30-,31+/m1/s1. The molecule has 0 unspecified atom stereocenters. The van der Waals surface area contributed by atoms with Crippen molar-refractivity contribution in [2.24, 2.45) is 0 Å². The maximum atomic E-state index is 13.2. The fourth-order valence-corrected chi connectivity index (χ4v) is 6.91. The summed E-state index contributed by atoms with van der Waals surface area (Å²) in [6.07, 6.45) is 7.22. The van der Waals surface area contributed by atoms with Gasteiger partial charge in [-0.05, 0) is 74.1 Å². The number of fused-ring (bicyclic) bond motifs is 1. The number of benzene rings is 2. The number of aromatic nitrogens is 2. The van der Waals surface area contributed by atoms with Gasteiger partial charge in [0.15, 0.2) is 5.11 Å². The summed E-state index contributed by atoms with van der Waals surface area (Å²) in [6, 6.07) is 22.9. The summed E-state index contributed by atoms with van der Waals surface area (Å²) in [6.45, 7) is 4.97. The van der Waals surface area contributed by atoms with Gasteiger partial charge in [-0.2, -0.15) is 0 Å². The van der Waals surface area contributed by atoms with Crippen molar-refractivity contribution in [1.82, 2.24) is 19.8 Å². The highest BCUT2D eigenvalue weighted by molar-refractivity contribution is 7.80. The summed E-state index contributed by atoms with van der Waals surface area (Å²) in [4.78, 5) is 20.1. The molecule has 2 aromatic carbocycles. The topological polar surface area (TPSA) is 62.2 Å². The van der Waals surface area contributed by atoms with Gasteiger partial charge in [-0.25, -0.2) is 0 Å². The molecule has 3 heterocycles. The monoisotopic (exact) mass is 537 g/mol. The van der Waals surface area contributed by atoms with Crippen LogP contribution < -0.4 is 10.6 Å². The van der Waals surface area contributed by atoms with E-state index in [-0.39, 0.29) is 18.0 Å². The third-order valence-electron chi connectivity index (χ3n) is 8.37. The van der Waals surface area contributed by atoms with Gasteiger partial charge in [-0.1, -0.05) is 55.3 Å². The molecule has 0 bridgehead atoms. The second-order valence-corrected chi connectivity index (χ2v) is 11.2. The number of nitrogens with one attached hydrogen (secondary N) is 2. The highest BCUT2D eigenvalue weighted by Gasteiger charge is 2.41. The van der Waals surface area contributed by atoms with Crippen molar-refractivity contribution < 1.29 is 4.79 Å². The molecule has 4 aromatic rings. The minimum Gasteiger partial charge on any atom is -0.352 e. The summed E-state index contributed by atoms with van der Waals surface area (Å²) in [5, 5.41) is 9.50. The molecule has 2 atom stereocenters. The van der Waals surface area contributed by atoms with Crippen molar-refractivity contribution in [3.63, 3.8) is 0 Å². The van der Waals surface area contributed by atoms with E-state index >= 15 is 0 Å². The smallest absolute Gasteiger partial charge is 0.226 e. The van der Waals surface area contributed by atoms with Crippen molar-refractivity contribution in [2.75, 3.05) is 11.9 Å². The van der Waals surface area contributed by atoms with Crippen LogP contribution in [0.15, 0.2) is 72.9 Å². The first-order chi connectivity index (χ1) is 19.0. The Bertz CT molecular complexity index is 1500. The molecule has 2 aliphatic rings. The highest BCUT2D eigenvalue weighted by Crippen LogP contribution is 2.43. The summed E-state index contributed by atoms with van der Waals surface area (Å²) in [5.41, 5.74) is 5.64. The zero-order chi connectivity index (χ0) is 26.9. The molecule has 1 saturated heterocycles. The number of amides is 1. The molecule has 0 spiro atoms. The van der Waals surface area contributed by atoms with Crippen LogP contribution in [0.2, 0.25) is 0 Å². The number of rotatable bonds is 7. The molecular formula is C32H35N5OS. The first-order valence-electron chi connectivity index (χ1n) is 14.0. The van der Waals surface area contributed by atoms with E-state index in [9.17, 15) is 4.79 Å². The number of carbonyl (C=O) groups is 1. The summed E-state index contributed by atoms with van der Waals surface area (Å²) in [7, 11) is 0. The number of nitrogens with zero attached hydrogens (tertiary/aromatic N) is 3. The number of aryl methyl sites for hydroxylation is 1. The average Bonchev–Trinajstić information content (AvgIpc) is 3.66. The summed E-state index contributed by atoms with van der Waals surface area (Å²) in [5.74, 6) is -0.0226. The van der Waals surface area contributed by atoms with Crippen LogP contribution in [0.1, 0.15) is 72.9 Å². The van der Waals surface area contributed by atoms with Crippen molar-refractivity contribution >= 4 is 39.7 Å². The second kappa shape index (κ2) is 10.8. The first kappa shape index (κ1) is 25.6. The van der Waals surface area contributed by atoms with Crippen molar-refractivity contribution in [3.8, 4) is 0 Å². The number of pyridine rings is 1. The van der Waals surface area contributed by atoms with Crippen molar-refractivity contribution in [2.45, 2.75) is 64.1 Å². The molecule has 1 saturated carbocycles. The first-order valence-corrected chi connectivity index (χ1v) is 14.4. The number of hydrogen-bond acceptors (Lipinski definition) is 3. The molecule has 2 aromatic heterocycles. The minimum atomic E-state index is -0.0858. The zero-order valence-corrected chi connectivity index (χ0v) is 23.4. The normalized spacial score (nSPS) is 19.5. The van der Waals surface area contributed by atoms with E-state index in [1.807, 2.05) is 48.7 Å². The van der Waals surface area contributed by atoms with E-state index in [1.165, 1.54) is 42.6 Å². The predicted molar refractivity (Wildman–Crippen MR) is 161 cm³/mol. The van der Waals surface area contributed by atoms with E-state index < -0.39 is 0 Å². The Labute approximate surface area is 235 Å². The number of thiocarbonyl (C=S) groups is 1. The third kappa shape index (κ3) is 4.91.